The molecule has 0 N–H and O–H groups in total. The molecule has 2 unspecified atom stereocenters. The van der Waals surface area contributed by atoms with Gasteiger partial charge in [0, 0.05) is 19.3 Å². The topological polar surface area (TPSA) is 89.1 Å². The average Bonchev–Trinajstić information content (AvgIpc) is 3.46. The van der Waals surface area contributed by atoms with E-state index >= 15 is 0 Å². The molecule has 0 saturated carbocycles. The van der Waals surface area contributed by atoms with Crippen LogP contribution in [0.3, 0.4) is 0 Å². The van der Waals surface area contributed by atoms with Gasteiger partial charge in [0.15, 0.2) is 6.23 Å². The highest BCUT2D eigenvalue weighted by atomic mass is 32.1. The lowest BCUT2D eigenvalue weighted by Gasteiger charge is -2.35. The Bertz CT molecular complexity index is 1160. The van der Waals surface area contributed by atoms with Gasteiger partial charge in [0.25, 0.3) is 0 Å². The molecule has 5 rings (SSSR count). The van der Waals surface area contributed by atoms with Gasteiger partial charge in [-0.3, -0.25) is 0 Å². The van der Waals surface area contributed by atoms with Crippen molar-refractivity contribution in [3.8, 4) is 17.5 Å². The van der Waals surface area contributed by atoms with E-state index in [2.05, 4.69) is 29.1 Å². The summed E-state index contributed by atoms with van der Waals surface area (Å²) in [6, 6.07) is 6.73. The number of anilines is 1. The molecule has 5 heterocycles. The second-order valence-corrected chi connectivity index (χ2v) is 9.85. The number of nitrogens with zero attached hydrogens (tertiary/aromatic N) is 6. The highest BCUT2D eigenvalue weighted by Crippen LogP contribution is 2.40. The van der Waals surface area contributed by atoms with E-state index in [1.54, 1.807) is 6.20 Å². The number of ether oxygens (including phenoxy) is 2. The summed E-state index contributed by atoms with van der Waals surface area (Å²) < 4.78 is 19.3. The van der Waals surface area contributed by atoms with Gasteiger partial charge in [0.2, 0.25) is 0 Å². The molecule has 9 heteroatoms. The zero-order valence-electron chi connectivity index (χ0n) is 18.7. The van der Waals surface area contributed by atoms with Crippen LogP contribution in [0.15, 0.2) is 18.3 Å². The van der Waals surface area contributed by atoms with Gasteiger partial charge >= 0.3 is 0 Å². The second-order valence-electron chi connectivity index (χ2n) is 9.07. The number of nitriles is 1. The summed E-state index contributed by atoms with van der Waals surface area (Å²) in [5, 5.41) is 14.5. The molecule has 0 spiro atoms. The molecule has 0 aromatic carbocycles. The van der Waals surface area contributed by atoms with Crippen LogP contribution in [0.1, 0.15) is 51.8 Å². The monoisotopic (exact) mass is 452 g/mol. The van der Waals surface area contributed by atoms with Crippen molar-refractivity contribution in [2.45, 2.75) is 57.7 Å². The van der Waals surface area contributed by atoms with Gasteiger partial charge in [-0.1, -0.05) is 0 Å². The Kier molecular flexibility index (Phi) is 5.61. The van der Waals surface area contributed by atoms with E-state index in [1.807, 2.05) is 24.6 Å². The van der Waals surface area contributed by atoms with Gasteiger partial charge in [0.1, 0.15) is 17.0 Å². The van der Waals surface area contributed by atoms with Crippen LogP contribution in [0.4, 0.5) is 5.82 Å². The number of fused-ring (bicyclic) bond motifs is 1. The first kappa shape index (κ1) is 21.3. The average molecular weight is 453 g/mol. The molecule has 2 atom stereocenters. The van der Waals surface area contributed by atoms with Gasteiger partial charge < -0.3 is 14.4 Å². The summed E-state index contributed by atoms with van der Waals surface area (Å²) in [5.74, 6) is 0.869. The minimum Gasteiger partial charge on any atom is -0.377 e. The highest BCUT2D eigenvalue weighted by molar-refractivity contribution is 7.13. The molecule has 0 amide bonds. The number of morpholine rings is 1. The Hall–Kier alpha value is -2.54. The third-order valence-electron chi connectivity index (χ3n) is 6.37. The van der Waals surface area contributed by atoms with Crippen LogP contribution in [0, 0.1) is 11.3 Å². The number of aromatic nitrogens is 4. The molecule has 8 nitrogen and oxygen atoms in total. The lowest BCUT2D eigenvalue weighted by Crippen LogP contribution is -2.44. The molecular weight excluding hydrogens is 424 g/mol. The zero-order valence-corrected chi connectivity index (χ0v) is 19.6. The molecule has 0 bridgehead atoms. The molecule has 168 valence electrons. The minimum absolute atomic E-state index is 0.0806. The van der Waals surface area contributed by atoms with Gasteiger partial charge in [-0.15, -0.1) is 0 Å². The SMILES string of the molecule is CC1COCCN1c1cc(C(C)(C)C#N)c2snc(-c3ccnn3C3CCCCO3)c2n1. The Balaban J connectivity index is 1.68. The zero-order chi connectivity index (χ0) is 22.3. The Labute approximate surface area is 191 Å². The van der Waals surface area contributed by atoms with Crippen LogP contribution in [0.25, 0.3) is 21.6 Å². The summed E-state index contributed by atoms with van der Waals surface area (Å²) >= 11 is 1.40. The molecule has 2 saturated heterocycles. The van der Waals surface area contributed by atoms with E-state index in [0.29, 0.717) is 13.2 Å². The number of rotatable bonds is 4. The normalized spacial score (nSPS) is 22.2. The third kappa shape index (κ3) is 3.66. The van der Waals surface area contributed by atoms with E-state index in [0.717, 1.165) is 65.4 Å². The number of hydrogen-bond acceptors (Lipinski definition) is 8. The third-order valence-corrected chi connectivity index (χ3v) is 7.24. The predicted molar refractivity (Wildman–Crippen MR) is 124 cm³/mol. The molecule has 3 aromatic rings. The molecule has 2 fully saturated rings. The van der Waals surface area contributed by atoms with Crippen molar-refractivity contribution in [2.75, 3.05) is 31.3 Å². The van der Waals surface area contributed by atoms with E-state index in [-0.39, 0.29) is 12.3 Å². The lowest BCUT2D eigenvalue weighted by atomic mass is 9.86. The van der Waals surface area contributed by atoms with Crippen molar-refractivity contribution >= 4 is 27.6 Å². The maximum atomic E-state index is 9.91. The van der Waals surface area contributed by atoms with E-state index in [1.165, 1.54) is 11.5 Å². The fraction of sp³-hybridized carbons (Fsp3) is 0.565. The smallest absolute Gasteiger partial charge is 0.150 e. The van der Waals surface area contributed by atoms with Gasteiger partial charge in [0.05, 0.1) is 41.1 Å². The lowest BCUT2D eigenvalue weighted by molar-refractivity contribution is -0.0383. The van der Waals surface area contributed by atoms with Crippen LogP contribution in [0.2, 0.25) is 0 Å². The van der Waals surface area contributed by atoms with Crippen LogP contribution < -0.4 is 4.90 Å². The molecule has 3 aromatic heterocycles. The van der Waals surface area contributed by atoms with Crippen LogP contribution in [-0.2, 0) is 14.9 Å². The standard InChI is InChI=1S/C23H28N6O2S/c1-15-13-30-11-9-28(15)18-12-16(23(2,3)14-24)22-21(26-18)20(27-32-22)17-7-8-25-29(17)19-6-4-5-10-31-19/h7-8,12,15,19H,4-6,9-11,13H2,1-3H3. The van der Waals surface area contributed by atoms with E-state index in [9.17, 15) is 5.26 Å². The van der Waals surface area contributed by atoms with Crippen LogP contribution >= 0.6 is 11.5 Å². The Morgan fingerprint density at radius 1 is 1.28 bits per heavy atom. The molecule has 0 radical (unpaired) electrons. The maximum absolute atomic E-state index is 9.91. The first-order valence-corrected chi connectivity index (χ1v) is 12.0. The van der Waals surface area contributed by atoms with Crippen LogP contribution in [0.5, 0.6) is 0 Å². The highest BCUT2D eigenvalue weighted by Gasteiger charge is 2.30. The Morgan fingerprint density at radius 2 is 2.16 bits per heavy atom. The summed E-state index contributed by atoms with van der Waals surface area (Å²) in [4.78, 5) is 7.35. The molecule has 32 heavy (non-hydrogen) atoms. The van der Waals surface area contributed by atoms with Crippen LogP contribution in [-0.4, -0.2) is 51.5 Å². The minimum atomic E-state index is -0.665. The van der Waals surface area contributed by atoms with E-state index in [4.69, 9.17) is 18.8 Å². The Morgan fingerprint density at radius 3 is 2.91 bits per heavy atom. The first-order valence-electron chi connectivity index (χ1n) is 11.2. The van der Waals surface area contributed by atoms with Crippen molar-refractivity contribution in [3.63, 3.8) is 0 Å². The van der Waals surface area contributed by atoms with E-state index < -0.39 is 5.41 Å². The molecular formula is C23H28N6O2S. The summed E-state index contributed by atoms with van der Waals surface area (Å²) in [7, 11) is 0. The van der Waals surface area contributed by atoms with Gasteiger partial charge in [-0.25, -0.2) is 9.67 Å². The summed E-state index contributed by atoms with van der Waals surface area (Å²) in [6.07, 6.45) is 4.87. The first-order chi connectivity index (χ1) is 15.5. The quantitative estimate of drug-likeness (QED) is 0.584. The largest absolute Gasteiger partial charge is 0.377 e. The molecule has 2 aliphatic heterocycles. The van der Waals surface area contributed by atoms with Gasteiger partial charge in [-0.05, 0) is 69.3 Å². The molecule has 2 aliphatic rings. The fourth-order valence-electron chi connectivity index (χ4n) is 4.46. The maximum Gasteiger partial charge on any atom is 0.150 e. The number of pyridine rings is 1. The number of hydrogen-bond donors (Lipinski definition) is 0. The van der Waals surface area contributed by atoms with Crippen molar-refractivity contribution in [1.82, 2.24) is 19.1 Å². The van der Waals surface area contributed by atoms with Crippen molar-refractivity contribution < 1.29 is 9.47 Å². The fourth-order valence-corrected chi connectivity index (χ4v) is 5.47. The molecule has 0 aliphatic carbocycles. The summed E-state index contributed by atoms with van der Waals surface area (Å²) in [5.41, 5.74) is 2.82. The van der Waals surface area contributed by atoms with Crippen molar-refractivity contribution in [2.24, 2.45) is 0 Å². The predicted octanol–water partition coefficient (Wildman–Crippen LogP) is 4.28. The summed E-state index contributed by atoms with van der Waals surface area (Å²) in [6.45, 7) is 8.90. The second kappa shape index (κ2) is 8.43. The van der Waals surface area contributed by atoms with Crippen molar-refractivity contribution in [1.29, 1.82) is 5.26 Å². The van der Waals surface area contributed by atoms with Gasteiger partial charge in [-0.2, -0.15) is 14.7 Å². The van der Waals surface area contributed by atoms with Crippen molar-refractivity contribution in [3.05, 3.63) is 23.9 Å².